The Labute approximate surface area is 218 Å². The standard InChI is InChI=1S/C30H37FN4O2/c1-30(2,3)11-9-20-5-4-6-24(29(36)35-12-10-23(31)19-35)27(20)21-7-8-25-22(17-21)18-26(28(32)33-25)34-13-15-37-16-14-34/h4-8,17-18,23H,9-16,19H2,1-3H3,(H2,32,33)/t23-/m1/s1. The predicted octanol–water partition coefficient (Wildman–Crippen LogP) is 5.48. The van der Waals surface area contributed by atoms with Gasteiger partial charge in [0, 0.05) is 30.6 Å². The lowest BCUT2D eigenvalue weighted by Gasteiger charge is -2.29. The maximum absolute atomic E-state index is 14.0. The van der Waals surface area contributed by atoms with E-state index in [2.05, 4.69) is 48.9 Å². The number of aromatic nitrogens is 1. The molecule has 2 saturated heterocycles. The molecule has 0 spiro atoms. The first kappa shape index (κ1) is 25.5. The molecule has 0 bridgehead atoms. The first-order valence-electron chi connectivity index (χ1n) is 13.3. The SMILES string of the molecule is CC(C)(C)CCc1cccc(C(=O)N2CC[C@@H](F)C2)c1-c1ccc2nc(N)c(N3CCOCC3)cc2c1. The van der Waals surface area contributed by atoms with Crippen LogP contribution in [-0.2, 0) is 11.2 Å². The third-order valence-electron chi connectivity index (χ3n) is 7.41. The Morgan fingerprint density at radius 3 is 2.62 bits per heavy atom. The van der Waals surface area contributed by atoms with Crippen LogP contribution in [0.15, 0.2) is 42.5 Å². The van der Waals surface area contributed by atoms with Crippen LogP contribution in [-0.4, -0.2) is 61.4 Å². The number of aryl methyl sites for hydroxylation is 1. The van der Waals surface area contributed by atoms with E-state index in [1.165, 1.54) is 0 Å². The highest BCUT2D eigenvalue weighted by molar-refractivity contribution is 6.03. The number of carbonyl (C=O) groups is 1. The number of hydrogen-bond donors (Lipinski definition) is 1. The van der Waals surface area contributed by atoms with Gasteiger partial charge in [0.2, 0.25) is 0 Å². The zero-order valence-corrected chi connectivity index (χ0v) is 22.1. The number of morpholine rings is 1. The summed E-state index contributed by atoms with van der Waals surface area (Å²) in [4.78, 5) is 22.2. The number of halogens is 1. The normalized spacial score (nSPS) is 18.5. The van der Waals surface area contributed by atoms with Crippen molar-refractivity contribution in [3.8, 4) is 11.1 Å². The van der Waals surface area contributed by atoms with Crippen molar-refractivity contribution in [2.75, 3.05) is 50.0 Å². The van der Waals surface area contributed by atoms with Gasteiger partial charge in [-0.1, -0.05) is 39.0 Å². The van der Waals surface area contributed by atoms with Crippen LogP contribution in [0.1, 0.15) is 49.5 Å². The van der Waals surface area contributed by atoms with Crippen molar-refractivity contribution in [2.45, 2.75) is 46.2 Å². The Hall–Kier alpha value is -3.19. The fraction of sp³-hybridized carbons (Fsp3) is 0.467. The molecule has 6 nitrogen and oxygen atoms in total. The van der Waals surface area contributed by atoms with E-state index in [0.717, 1.165) is 59.2 Å². The zero-order chi connectivity index (χ0) is 26.2. The summed E-state index contributed by atoms with van der Waals surface area (Å²) >= 11 is 0. The zero-order valence-electron chi connectivity index (χ0n) is 22.1. The highest BCUT2D eigenvalue weighted by atomic mass is 19.1. The summed E-state index contributed by atoms with van der Waals surface area (Å²) in [5, 5.41) is 0.974. The molecule has 1 atom stereocenters. The molecule has 196 valence electrons. The van der Waals surface area contributed by atoms with Gasteiger partial charge in [-0.3, -0.25) is 4.79 Å². The Kier molecular flexibility index (Phi) is 7.08. The third-order valence-corrected chi connectivity index (χ3v) is 7.41. The summed E-state index contributed by atoms with van der Waals surface area (Å²) in [6.45, 7) is 10.2. The highest BCUT2D eigenvalue weighted by Gasteiger charge is 2.29. The molecule has 2 aliphatic heterocycles. The van der Waals surface area contributed by atoms with E-state index in [1.54, 1.807) is 4.90 Å². The average Bonchev–Trinajstić information content (AvgIpc) is 3.32. The molecule has 5 rings (SSSR count). The number of benzene rings is 2. The van der Waals surface area contributed by atoms with Crippen molar-refractivity contribution < 1.29 is 13.9 Å². The van der Waals surface area contributed by atoms with E-state index in [1.807, 2.05) is 24.3 Å². The second kappa shape index (κ2) is 10.3. The number of fused-ring (bicyclic) bond motifs is 1. The lowest BCUT2D eigenvalue weighted by atomic mass is 9.85. The molecule has 7 heteroatoms. The monoisotopic (exact) mass is 504 g/mol. The van der Waals surface area contributed by atoms with Crippen molar-refractivity contribution in [1.29, 1.82) is 0 Å². The lowest BCUT2D eigenvalue weighted by molar-refractivity contribution is 0.0783. The molecule has 1 aromatic heterocycles. The summed E-state index contributed by atoms with van der Waals surface area (Å²) in [5.74, 6) is 0.413. The molecular formula is C30H37FN4O2. The van der Waals surface area contributed by atoms with Crippen LogP contribution >= 0.6 is 0 Å². The molecule has 0 unspecified atom stereocenters. The molecule has 0 saturated carbocycles. The smallest absolute Gasteiger partial charge is 0.254 e. The molecule has 3 heterocycles. The van der Waals surface area contributed by atoms with Gasteiger partial charge in [0.1, 0.15) is 12.0 Å². The van der Waals surface area contributed by atoms with Crippen LogP contribution in [0.2, 0.25) is 0 Å². The summed E-state index contributed by atoms with van der Waals surface area (Å²) < 4.78 is 19.5. The number of nitrogens with two attached hydrogens (primary N) is 1. The van der Waals surface area contributed by atoms with Gasteiger partial charge in [-0.2, -0.15) is 0 Å². The van der Waals surface area contributed by atoms with E-state index >= 15 is 0 Å². The minimum absolute atomic E-state index is 0.0997. The lowest BCUT2D eigenvalue weighted by Crippen LogP contribution is -2.36. The number of hydrogen-bond acceptors (Lipinski definition) is 5. The van der Waals surface area contributed by atoms with Gasteiger partial charge in [-0.15, -0.1) is 0 Å². The largest absolute Gasteiger partial charge is 0.382 e. The Morgan fingerprint density at radius 2 is 1.92 bits per heavy atom. The van der Waals surface area contributed by atoms with Crippen LogP contribution in [0.5, 0.6) is 0 Å². The van der Waals surface area contributed by atoms with Crippen molar-refractivity contribution in [3.05, 3.63) is 53.6 Å². The van der Waals surface area contributed by atoms with Crippen LogP contribution in [0.3, 0.4) is 0 Å². The van der Waals surface area contributed by atoms with Crippen LogP contribution in [0.4, 0.5) is 15.9 Å². The number of nitrogen functional groups attached to an aromatic ring is 1. The van der Waals surface area contributed by atoms with Gasteiger partial charge < -0.3 is 20.3 Å². The van der Waals surface area contributed by atoms with Crippen LogP contribution < -0.4 is 10.6 Å². The topological polar surface area (TPSA) is 71.7 Å². The van der Waals surface area contributed by atoms with Crippen molar-refractivity contribution in [3.63, 3.8) is 0 Å². The van der Waals surface area contributed by atoms with Gasteiger partial charge in [-0.25, -0.2) is 9.37 Å². The Bertz CT molecular complexity index is 1300. The molecule has 1 amide bonds. The fourth-order valence-electron chi connectivity index (χ4n) is 5.30. The first-order chi connectivity index (χ1) is 17.7. The molecule has 2 N–H and O–H groups in total. The minimum atomic E-state index is -0.952. The van der Waals surface area contributed by atoms with Crippen molar-refractivity contribution in [1.82, 2.24) is 9.88 Å². The van der Waals surface area contributed by atoms with E-state index in [4.69, 9.17) is 10.5 Å². The number of likely N-dealkylation sites (tertiary alicyclic amines) is 1. The number of rotatable bonds is 5. The van der Waals surface area contributed by atoms with E-state index in [-0.39, 0.29) is 17.9 Å². The van der Waals surface area contributed by atoms with Gasteiger partial charge in [0.05, 0.1) is 31.0 Å². The fourth-order valence-corrected chi connectivity index (χ4v) is 5.30. The second-order valence-electron chi connectivity index (χ2n) is 11.4. The van der Waals surface area contributed by atoms with E-state index in [9.17, 15) is 9.18 Å². The minimum Gasteiger partial charge on any atom is -0.382 e. The van der Waals surface area contributed by atoms with E-state index < -0.39 is 6.17 Å². The number of carbonyl (C=O) groups excluding carboxylic acids is 1. The molecule has 3 aromatic rings. The highest BCUT2D eigenvalue weighted by Crippen LogP contribution is 2.36. The van der Waals surface area contributed by atoms with Gasteiger partial charge in [0.25, 0.3) is 5.91 Å². The maximum atomic E-state index is 14.0. The van der Waals surface area contributed by atoms with Gasteiger partial charge in [-0.05, 0) is 65.6 Å². The number of pyridine rings is 1. The van der Waals surface area contributed by atoms with E-state index in [0.29, 0.717) is 37.6 Å². The third kappa shape index (κ3) is 5.57. The molecule has 2 aromatic carbocycles. The van der Waals surface area contributed by atoms with Crippen LogP contribution in [0.25, 0.3) is 22.0 Å². The molecular weight excluding hydrogens is 467 g/mol. The number of nitrogens with zero attached hydrogens (tertiary/aromatic N) is 3. The molecule has 0 radical (unpaired) electrons. The summed E-state index contributed by atoms with van der Waals surface area (Å²) in [6, 6.07) is 14.2. The van der Waals surface area contributed by atoms with Crippen LogP contribution in [0, 0.1) is 5.41 Å². The second-order valence-corrected chi connectivity index (χ2v) is 11.4. The van der Waals surface area contributed by atoms with Crippen molar-refractivity contribution >= 4 is 28.3 Å². The Morgan fingerprint density at radius 1 is 1.14 bits per heavy atom. The molecule has 2 fully saturated rings. The number of alkyl halides is 1. The Balaban J connectivity index is 1.60. The quantitative estimate of drug-likeness (QED) is 0.498. The molecule has 2 aliphatic rings. The number of anilines is 2. The summed E-state index contributed by atoms with van der Waals surface area (Å²) in [5.41, 5.74) is 11.9. The predicted molar refractivity (Wildman–Crippen MR) is 148 cm³/mol. The van der Waals surface area contributed by atoms with Crippen molar-refractivity contribution in [2.24, 2.45) is 5.41 Å². The summed E-state index contributed by atoms with van der Waals surface area (Å²) in [7, 11) is 0. The molecule has 37 heavy (non-hydrogen) atoms. The van der Waals surface area contributed by atoms with Gasteiger partial charge in [0.15, 0.2) is 0 Å². The maximum Gasteiger partial charge on any atom is 0.254 e. The number of ether oxygens (including phenoxy) is 1. The van der Waals surface area contributed by atoms with Gasteiger partial charge >= 0.3 is 0 Å². The first-order valence-corrected chi connectivity index (χ1v) is 13.3. The number of amides is 1. The molecule has 0 aliphatic carbocycles. The average molecular weight is 505 g/mol. The summed E-state index contributed by atoms with van der Waals surface area (Å²) in [6.07, 6.45) is 1.29.